The van der Waals surface area contributed by atoms with Crippen molar-refractivity contribution in [3.63, 3.8) is 0 Å². The second kappa shape index (κ2) is 6.68. The lowest BCUT2D eigenvalue weighted by Crippen LogP contribution is -2.47. The summed E-state index contributed by atoms with van der Waals surface area (Å²) < 4.78 is 27.5. The third-order valence-electron chi connectivity index (χ3n) is 2.75. The van der Waals surface area contributed by atoms with E-state index in [1.165, 1.54) is 6.26 Å². The van der Waals surface area contributed by atoms with Gasteiger partial charge in [0.05, 0.1) is 18.0 Å². The summed E-state index contributed by atoms with van der Waals surface area (Å²) in [6.07, 6.45) is 1.84. The first-order chi connectivity index (χ1) is 7.87. The van der Waals surface area contributed by atoms with Crippen LogP contribution in [0.25, 0.3) is 0 Å². The molecule has 5 nitrogen and oxygen atoms in total. The molecular weight excluding hydrogens is 240 g/mol. The van der Waals surface area contributed by atoms with Crippen molar-refractivity contribution in [2.24, 2.45) is 0 Å². The Hall–Kier alpha value is -0.170. The predicted molar refractivity (Wildman–Crippen MR) is 69.0 cm³/mol. The van der Waals surface area contributed by atoms with Gasteiger partial charge in [-0.25, -0.2) is 8.42 Å². The quantitative estimate of drug-likeness (QED) is 0.669. The number of morpholine rings is 1. The van der Waals surface area contributed by atoms with Crippen LogP contribution in [0.5, 0.6) is 0 Å². The summed E-state index contributed by atoms with van der Waals surface area (Å²) in [7, 11) is -2.84. The van der Waals surface area contributed by atoms with Crippen LogP contribution in [0.1, 0.15) is 13.8 Å². The van der Waals surface area contributed by atoms with Crippen molar-refractivity contribution in [1.82, 2.24) is 10.2 Å². The maximum atomic E-state index is 10.9. The van der Waals surface area contributed by atoms with Crippen molar-refractivity contribution in [2.75, 3.05) is 44.7 Å². The van der Waals surface area contributed by atoms with Crippen LogP contribution in [0.3, 0.4) is 0 Å². The van der Waals surface area contributed by atoms with Gasteiger partial charge in [0, 0.05) is 39.0 Å². The summed E-state index contributed by atoms with van der Waals surface area (Å²) in [5.41, 5.74) is 0. The van der Waals surface area contributed by atoms with E-state index in [1.807, 2.05) is 0 Å². The third kappa shape index (κ3) is 6.98. The molecular formula is C11H24N2O3S. The Kier molecular flexibility index (Phi) is 5.85. The first-order valence-corrected chi connectivity index (χ1v) is 8.19. The van der Waals surface area contributed by atoms with Gasteiger partial charge in [-0.1, -0.05) is 0 Å². The van der Waals surface area contributed by atoms with Gasteiger partial charge < -0.3 is 10.1 Å². The minimum atomic E-state index is -2.84. The molecule has 1 fully saturated rings. The number of nitrogens with one attached hydrogen (secondary N) is 1. The molecule has 0 aromatic rings. The highest BCUT2D eigenvalue weighted by Gasteiger charge is 2.21. The summed E-state index contributed by atoms with van der Waals surface area (Å²) >= 11 is 0. The summed E-state index contributed by atoms with van der Waals surface area (Å²) in [6, 6.07) is 0. The van der Waals surface area contributed by atoms with Crippen LogP contribution in [0.4, 0.5) is 0 Å². The highest BCUT2D eigenvalue weighted by molar-refractivity contribution is 7.90. The fourth-order valence-corrected chi connectivity index (χ4v) is 2.60. The fourth-order valence-electron chi connectivity index (χ4n) is 2.09. The molecule has 1 saturated heterocycles. The molecule has 1 rings (SSSR count). The average molecular weight is 264 g/mol. The molecule has 1 heterocycles. The first kappa shape index (κ1) is 14.9. The van der Waals surface area contributed by atoms with E-state index in [4.69, 9.17) is 4.74 Å². The zero-order chi connectivity index (χ0) is 12.9. The van der Waals surface area contributed by atoms with E-state index in [1.54, 1.807) is 0 Å². The van der Waals surface area contributed by atoms with Gasteiger partial charge in [0.25, 0.3) is 0 Å². The van der Waals surface area contributed by atoms with Crippen LogP contribution >= 0.6 is 0 Å². The second-order valence-electron chi connectivity index (χ2n) is 4.90. The molecule has 102 valence electrons. The Morgan fingerprint density at radius 3 is 2.35 bits per heavy atom. The van der Waals surface area contributed by atoms with Gasteiger partial charge in [0.15, 0.2) is 0 Å². The lowest BCUT2D eigenvalue weighted by molar-refractivity contribution is -0.0673. The normalized spacial score (nSPS) is 27.2. The molecule has 0 aliphatic carbocycles. The summed E-state index contributed by atoms with van der Waals surface area (Å²) in [5, 5.41) is 3.16. The lowest BCUT2D eigenvalue weighted by Gasteiger charge is -2.35. The number of nitrogens with zero attached hydrogens (tertiary/aromatic N) is 1. The van der Waals surface area contributed by atoms with Gasteiger partial charge in [-0.3, -0.25) is 4.90 Å². The molecule has 6 heteroatoms. The van der Waals surface area contributed by atoms with E-state index in [0.29, 0.717) is 6.54 Å². The van der Waals surface area contributed by atoms with Crippen LogP contribution < -0.4 is 5.32 Å². The van der Waals surface area contributed by atoms with Crippen LogP contribution in [0, 0.1) is 0 Å². The standard InChI is InChI=1S/C11H24N2O3S/c1-10-8-13(9-11(2)16-10)6-4-12-5-7-17(3,14)15/h10-12H,4-9H2,1-3H3. The van der Waals surface area contributed by atoms with E-state index in [9.17, 15) is 8.42 Å². The minimum absolute atomic E-state index is 0.211. The molecule has 0 saturated carbocycles. The average Bonchev–Trinajstić information content (AvgIpc) is 2.13. The van der Waals surface area contributed by atoms with Gasteiger partial charge in [-0.05, 0) is 13.8 Å². The zero-order valence-electron chi connectivity index (χ0n) is 11.0. The smallest absolute Gasteiger partial charge is 0.148 e. The minimum Gasteiger partial charge on any atom is -0.373 e. The molecule has 0 spiro atoms. The van der Waals surface area contributed by atoms with Crippen molar-refractivity contribution in [3.8, 4) is 0 Å². The monoisotopic (exact) mass is 264 g/mol. The molecule has 0 amide bonds. The number of hydrogen-bond donors (Lipinski definition) is 1. The van der Waals surface area contributed by atoms with Crippen molar-refractivity contribution < 1.29 is 13.2 Å². The largest absolute Gasteiger partial charge is 0.373 e. The highest BCUT2D eigenvalue weighted by atomic mass is 32.2. The van der Waals surface area contributed by atoms with E-state index in [2.05, 4.69) is 24.1 Å². The lowest BCUT2D eigenvalue weighted by atomic mass is 10.2. The van der Waals surface area contributed by atoms with E-state index in [-0.39, 0.29) is 18.0 Å². The van der Waals surface area contributed by atoms with Gasteiger partial charge >= 0.3 is 0 Å². The van der Waals surface area contributed by atoms with Crippen molar-refractivity contribution >= 4 is 9.84 Å². The molecule has 1 N–H and O–H groups in total. The maximum absolute atomic E-state index is 10.9. The van der Waals surface area contributed by atoms with Gasteiger partial charge in [0.1, 0.15) is 9.84 Å². The summed E-state index contributed by atoms with van der Waals surface area (Å²) in [5.74, 6) is 0.211. The molecule has 2 atom stereocenters. The topological polar surface area (TPSA) is 58.6 Å². The molecule has 0 aromatic carbocycles. The van der Waals surface area contributed by atoms with E-state index >= 15 is 0 Å². The van der Waals surface area contributed by atoms with Gasteiger partial charge in [-0.2, -0.15) is 0 Å². The number of hydrogen-bond acceptors (Lipinski definition) is 5. The molecule has 1 aliphatic rings. The van der Waals surface area contributed by atoms with Crippen LogP contribution in [0.15, 0.2) is 0 Å². The predicted octanol–water partition coefficient (Wildman–Crippen LogP) is -0.270. The molecule has 17 heavy (non-hydrogen) atoms. The summed E-state index contributed by atoms with van der Waals surface area (Å²) in [6.45, 7) is 8.39. The number of ether oxygens (including phenoxy) is 1. The molecule has 0 radical (unpaired) electrons. The van der Waals surface area contributed by atoms with Crippen LogP contribution in [0.2, 0.25) is 0 Å². The van der Waals surface area contributed by atoms with Gasteiger partial charge in [0.2, 0.25) is 0 Å². The molecule has 0 aromatic heterocycles. The first-order valence-electron chi connectivity index (χ1n) is 6.13. The Bertz CT molecular complexity index is 309. The third-order valence-corrected chi connectivity index (χ3v) is 3.70. The van der Waals surface area contributed by atoms with E-state index < -0.39 is 9.84 Å². The molecule has 2 unspecified atom stereocenters. The zero-order valence-corrected chi connectivity index (χ0v) is 11.8. The van der Waals surface area contributed by atoms with Crippen molar-refractivity contribution in [3.05, 3.63) is 0 Å². The Labute approximate surface area is 104 Å². The Morgan fingerprint density at radius 2 is 1.82 bits per heavy atom. The van der Waals surface area contributed by atoms with Crippen LogP contribution in [-0.2, 0) is 14.6 Å². The van der Waals surface area contributed by atoms with Crippen LogP contribution in [-0.4, -0.2) is 70.3 Å². The number of rotatable bonds is 6. The maximum Gasteiger partial charge on any atom is 0.148 e. The van der Waals surface area contributed by atoms with Crippen molar-refractivity contribution in [1.29, 1.82) is 0 Å². The Morgan fingerprint density at radius 1 is 1.24 bits per heavy atom. The molecule has 1 aliphatic heterocycles. The van der Waals surface area contributed by atoms with Gasteiger partial charge in [-0.15, -0.1) is 0 Å². The highest BCUT2D eigenvalue weighted by Crippen LogP contribution is 2.09. The fraction of sp³-hybridized carbons (Fsp3) is 1.00. The second-order valence-corrected chi connectivity index (χ2v) is 7.16. The van der Waals surface area contributed by atoms with E-state index in [0.717, 1.165) is 26.2 Å². The summed E-state index contributed by atoms with van der Waals surface area (Å²) in [4.78, 5) is 2.35. The van der Waals surface area contributed by atoms with Crippen molar-refractivity contribution in [2.45, 2.75) is 26.1 Å². The molecule has 0 bridgehead atoms. The Balaban J connectivity index is 2.10. The number of sulfone groups is 1. The SMILES string of the molecule is CC1CN(CCNCCS(C)(=O)=O)CC(C)O1.